The molecule has 0 aromatic heterocycles. The highest BCUT2D eigenvalue weighted by Gasteiger charge is 2.34. The third-order valence-electron chi connectivity index (χ3n) is 23.3. The molecule has 0 aliphatic rings. The molecule has 2 N–H and O–H groups in total. The SMILES string of the molecule is Cc1cc(C)c(Nc2cc3c4cc(-c5c(C)cc(C)cc5C)cc5c6cc(-c7c(C)cc(C)cc7C)cc7c8cc(Nc9c(C)cc(C)cc9C)cc9c%10cc(-c%11c(C)cc(C)cc%11C)cc%11c%12cc(-c%13c(C)cc(C)cc%13C)cc%13c(c2)c3c2c(c45)c(c76)c(c89)c(c%10%11)c2c%13%12)c(C)c1. The molecule has 2 heteroatoms. The van der Waals surface area contributed by atoms with Crippen LogP contribution in [0.4, 0.5) is 22.7 Å². The van der Waals surface area contributed by atoms with Crippen molar-refractivity contribution < 1.29 is 0 Å². The van der Waals surface area contributed by atoms with Gasteiger partial charge in [0.2, 0.25) is 0 Å². The van der Waals surface area contributed by atoms with E-state index in [9.17, 15) is 0 Å². The molecular formula is C96H80N2. The summed E-state index contributed by atoms with van der Waals surface area (Å²) in [6.07, 6.45) is 0. The van der Waals surface area contributed by atoms with Gasteiger partial charge in [0.1, 0.15) is 0 Å². The summed E-state index contributed by atoms with van der Waals surface area (Å²) in [4.78, 5) is 0. The zero-order chi connectivity index (χ0) is 67.6. The Morgan fingerprint density at radius 3 is 0.459 bits per heavy atom. The predicted octanol–water partition coefficient (Wildman–Crippen LogP) is 27.9. The van der Waals surface area contributed by atoms with E-state index in [4.69, 9.17) is 0 Å². The number of rotatable bonds is 8. The van der Waals surface area contributed by atoms with Gasteiger partial charge in [-0.3, -0.25) is 0 Å². The van der Waals surface area contributed by atoms with Gasteiger partial charge in [0, 0.05) is 22.7 Å². The van der Waals surface area contributed by atoms with Crippen molar-refractivity contribution >= 4 is 152 Å². The number of fused-ring (bicyclic) bond motifs is 6. The van der Waals surface area contributed by atoms with Gasteiger partial charge in [0.05, 0.1) is 0 Å². The molecule has 2 nitrogen and oxygen atoms in total. The van der Waals surface area contributed by atoms with Crippen LogP contribution in [-0.2, 0) is 0 Å². The average Bonchev–Trinajstić information content (AvgIpc) is 0.641. The summed E-state index contributed by atoms with van der Waals surface area (Å²) >= 11 is 0. The van der Waals surface area contributed by atoms with Gasteiger partial charge < -0.3 is 10.6 Å². The Morgan fingerprint density at radius 2 is 0.296 bits per heavy atom. The molecule has 0 unspecified atom stereocenters. The van der Waals surface area contributed by atoms with Crippen molar-refractivity contribution in [1.29, 1.82) is 0 Å². The Bertz CT molecular complexity index is 5890. The summed E-state index contributed by atoms with van der Waals surface area (Å²) in [5.41, 5.74) is 37.9. The molecule has 0 saturated heterocycles. The lowest BCUT2D eigenvalue weighted by Crippen LogP contribution is -2.03. The van der Waals surface area contributed by atoms with Gasteiger partial charge in [-0.2, -0.15) is 0 Å². The van der Waals surface area contributed by atoms with E-state index in [2.05, 4.69) is 281 Å². The van der Waals surface area contributed by atoms with Crippen LogP contribution in [0.1, 0.15) is 100 Å². The zero-order valence-corrected chi connectivity index (χ0v) is 59.9. The average molecular weight is 1260 g/mol. The summed E-state index contributed by atoms with van der Waals surface area (Å²) in [5.74, 6) is 0. The van der Waals surface area contributed by atoms with Gasteiger partial charge in [-0.15, -0.1) is 0 Å². The maximum atomic E-state index is 4.20. The molecule has 474 valence electrons. The van der Waals surface area contributed by atoms with E-state index in [0.29, 0.717) is 0 Å². The van der Waals surface area contributed by atoms with Crippen LogP contribution in [0, 0.1) is 125 Å². The van der Waals surface area contributed by atoms with Gasteiger partial charge in [-0.1, -0.05) is 106 Å². The summed E-state index contributed by atoms with van der Waals surface area (Å²) in [6, 6.07) is 59.6. The van der Waals surface area contributed by atoms with Crippen LogP contribution in [-0.4, -0.2) is 0 Å². The molecule has 0 heterocycles. The zero-order valence-electron chi connectivity index (χ0n) is 59.9. The van der Waals surface area contributed by atoms with Gasteiger partial charge >= 0.3 is 0 Å². The van der Waals surface area contributed by atoms with E-state index in [1.54, 1.807) is 0 Å². The first kappa shape index (κ1) is 58.8. The van der Waals surface area contributed by atoms with Crippen LogP contribution in [0.5, 0.6) is 0 Å². The molecule has 19 rings (SSSR count). The summed E-state index contributed by atoms with van der Waals surface area (Å²) in [6.45, 7) is 41.1. The molecule has 0 spiro atoms. The summed E-state index contributed by atoms with van der Waals surface area (Å²) < 4.78 is 0. The van der Waals surface area contributed by atoms with Crippen molar-refractivity contribution in [1.82, 2.24) is 0 Å². The third-order valence-corrected chi connectivity index (χ3v) is 23.3. The molecule has 0 atom stereocenters. The van der Waals surface area contributed by atoms with E-state index in [-0.39, 0.29) is 0 Å². The number of hydrogen-bond acceptors (Lipinski definition) is 2. The second-order valence-corrected chi connectivity index (χ2v) is 30.8. The monoisotopic (exact) mass is 1260 g/mol. The molecule has 0 aliphatic heterocycles. The number of aryl methyl sites for hydroxylation is 18. The highest BCUT2D eigenvalue weighted by atomic mass is 14.9. The molecule has 0 radical (unpaired) electrons. The lowest BCUT2D eigenvalue weighted by molar-refractivity contribution is 1.31. The standard InChI is InChI=1S/C96H80N2/c1-43-19-49(7)79(50(8)20-43)61-31-67-68-32-62(80-51(9)21-44(2)22-52(80)10)36-72-77-41-66(98-96-59(17)29-48(6)30-60(96)18)42-78-74-38-64(82-55(13)25-46(4)26-56(82)14)34-70-69-33-63(81-53(11)23-45(3)24-54(81)12)37-73-76-40-65(97-95-57(15)27-47(5)28-58(95)16)39-75-71(35-61)83(67)89-90(84(68)72)94(88(77)78)92(86(70)74)91(85(69)73)93(89)87(75)76/h19-42,97-98H,1-18H3. The van der Waals surface area contributed by atoms with Crippen LogP contribution in [0.3, 0.4) is 0 Å². The molecule has 98 heavy (non-hydrogen) atoms. The molecule has 0 fully saturated rings. The first-order valence-electron chi connectivity index (χ1n) is 35.4. The fraction of sp³-hybridized carbons (Fsp3) is 0.188. The molecule has 19 aromatic carbocycles. The highest BCUT2D eigenvalue weighted by Crippen LogP contribution is 2.63. The first-order chi connectivity index (χ1) is 47.0. The summed E-state index contributed by atoms with van der Waals surface area (Å²) in [5, 5.41) is 40.4. The fourth-order valence-electron chi connectivity index (χ4n) is 20.6. The molecule has 19 aromatic rings. The number of nitrogens with one attached hydrogen (secondary N) is 2. The summed E-state index contributed by atoms with van der Waals surface area (Å²) in [7, 11) is 0. The van der Waals surface area contributed by atoms with E-state index in [1.807, 2.05) is 0 Å². The number of hydrogen-bond donors (Lipinski definition) is 2. The Labute approximate surface area is 573 Å². The van der Waals surface area contributed by atoms with Crippen LogP contribution >= 0.6 is 0 Å². The van der Waals surface area contributed by atoms with Crippen molar-refractivity contribution in [2.24, 2.45) is 0 Å². The minimum Gasteiger partial charge on any atom is -0.355 e. The lowest BCUT2D eigenvalue weighted by Gasteiger charge is -2.31. The Balaban J connectivity index is 1.14. The van der Waals surface area contributed by atoms with Crippen LogP contribution in [0.2, 0.25) is 0 Å². The van der Waals surface area contributed by atoms with Crippen LogP contribution in [0.25, 0.3) is 174 Å². The van der Waals surface area contributed by atoms with Crippen LogP contribution in [0.15, 0.2) is 146 Å². The van der Waals surface area contributed by atoms with E-state index in [0.717, 1.165) is 11.4 Å². The minimum absolute atomic E-state index is 1.10. The van der Waals surface area contributed by atoms with Gasteiger partial charge in [0.25, 0.3) is 0 Å². The van der Waals surface area contributed by atoms with Crippen molar-refractivity contribution in [2.75, 3.05) is 10.6 Å². The van der Waals surface area contributed by atoms with Gasteiger partial charge in [-0.25, -0.2) is 0 Å². The molecule has 0 bridgehead atoms. The van der Waals surface area contributed by atoms with Gasteiger partial charge in [0.15, 0.2) is 0 Å². The molecule has 0 amide bonds. The van der Waals surface area contributed by atoms with Crippen molar-refractivity contribution in [3.05, 3.63) is 246 Å². The largest absolute Gasteiger partial charge is 0.355 e. The molecular weight excluding hydrogens is 1180 g/mol. The Kier molecular flexibility index (Phi) is 12.0. The second kappa shape index (κ2) is 20.1. The second-order valence-electron chi connectivity index (χ2n) is 30.8. The van der Waals surface area contributed by atoms with Crippen molar-refractivity contribution in [2.45, 2.75) is 125 Å². The van der Waals surface area contributed by atoms with E-state index >= 15 is 0 Å². The van der Waals surface area contributed by atoms with E-state index in [1.165, 1.54) is 285 Å². The predicted molar refractivity (Wildman–Crippen MR) is 430 cm³/mol. The fourth-order valence-corrected chi connectivity index (χ4v) is 20.6. The van der Waals surface area contributed by atoms with Crippen molar-refractivity contribution in [3.63, 3.8) is 0 Å². The topological polar surface area (TPSA) is 24.1 Å². The quantitative estimate of drug-likeness (QED) is 0.117. The first-order valence-corrected chi connectivity index (χ1v) is 35.4. The normalized spacial score (nSPS) is 12.6. The van der Waals surface area contributed by atoms with Crippen molar-refractivity contribution in [3.8, 4) is 44.5 Å². The number of anilines is 4. The molecule has 0 aliphatic carbocycles. The maximum Gasteiger partial charge on any atom is 0.0443 e. The minimum atomic E-state index is 1.10. The molecule has 0 saturated carbocycles. The van der Waals surface area contributed by atoms with Crippen LogP contribution < -0.4 is 10.6 Å². The smallest absolute Gasteiger partial charge is 0.0443 e. The number of benzene rings is 19. The highest BCUT2D eigenvalue weighted by molar-refractivity contribution is 6.61. The maximum absolute atomic E-state index is 4.20. The lowest BCUT2D eigenvalue weighted by atomic mass is 9.72. The third kappa shape index (κ3) is 7.92. The van der Waals surface area contributed by atoms with Gasteiger partial charge in [-0.05, 0) is 438 Å². The Morgan fingerprint density at radius 1 is 0.153 bits per heavy atom. The van der Waals surface area contributed by atoms with E-state index < -0.39 is 0 Å². The Hall–Kier alpha value is -10.5.